The van der Waals surface area contributed by atoms with Gasteiger partial charge in [-0.15, -0.1) is 0 Å². The number of rotatable bonds is 1. The highest BCUT2D eigenvalue weighted by Crippen LogP contribution is 2.56. The number of aliphatic hydroxyl groups is 2. The Kier molecular flexibility index (Phi) is 2.04. The molecule has 2 heterocycles. The Labute approximate surface area is 99.7 Å². The minimum absolute atomic E-state index is 0.563. The molecule has 5 atom stereocenters. The normalized spacial score (nSPS) is 41.2. The van der Waals surface area contributed by atoms with Crippen molar-refractivity contribution in [2.45, 2.75) is 24.0 Å². The van der Waals surface area contributed by atoms with Gasteiger partial charge in [-0.2, -0.15) is 5.26 Å². The maximum atomic E-state index is 11.6. The van der Waals surface area contributed by atoms with Gasteiger partial charge in [0.05, 0.1) is 6.07 Å². The molecule has 1 saturated heterocycles. The summed E-state index contributed by atoms with van der Waals surface area (Å²) in [6.07, 6.45) is -1.81. The number of nitrogens with one attached hydrogen (secondary N) is 1. The van der Waals surface area contributed by atoms with Gasteiger partial charge in [-0.3, -0.25) is 14.3 Å². The van der Waals surface area contributed by atoms with E-state index in [4.69, 9.17) is 10.00 Å². The zero-order valence-corrected chi connectivity index (χ0v) is 8.98. The SMILES string of the molecule is N#C[C@H]1[C@H](n2ccc(=O)[nH]c2=O)O[C@@H]2C(O)[C@@]21O. The molecule has 1 unspecified atom stereocenters. The Morgan fingerprint density at radius 1 is 1.56 bits per heavy atom. The van der Waals surface area contributed by atoms with Crippen LogP contribution in [0.25, 0.3) is 0 Å². The van der Waals surface area contributed by atoms with Crippen molar-refractivity contribution in [3.8, 4) is 6.07 Å². The lowest BCUT2D eigenvalue weighted by atomic mass is 10.0. The van der Waals surface area contributed by atoms with Crippen molar-refractivity contribution in [1.82, 2.24) is 9.55 Å². The minimum Gasteiger partial charge on any atom is -0.387 e. The lowest BCUT2D eigenvalue weighted by Gasteiger charge is -2.21. The second kappa shape index (κ2) is 3.29. The first-order chi connectivity index (χ1) is 8.50. The summed E-state index contributed by atoms with van der Waals surface area (Å²) in [5.41, 5.74) is -2.92. The summed E-state index contributed by atoms with van der Waals surface area (Å²) >= 11 is 0. The molecule has 1 aromatic rings. The maximum Gasteiger partial charge on any atom is 0.330 e. The number of fused-ring (bicyclic) bond motifs is 1. The molecule has 2 fully saturated rings. The van der Waals surface area contributed by atoms with Crippen molar-refractivity contribution in [2.24, 2.45) is 5.92 Å². The highest BCUT2D eigenvalue weighted by Gasteiger charge is 2.77. The molecule has 2 aliphatic rings. The van der Waals surface area contributed by atoms with Crippen LogP contribution in [0.2, 0.25) is 0 Å². The quantitative estimate of drug-likeness (QED) is 0.514. The first-order valence-electron chi connectivity index (χ1n) is 5.27. The van der Waals surface area contributed by atoms with Gasteiger partial charge in [-0.05, 0) is 0 Å². The van der Waals surface area contributed by atoms with Crippen LogP contribution in [0.3, 0.4) is 0 Å². The van der Waals surface area contributed by atoms with Crippen LogP contribution in [0.5, 0.6) is 0 Å². The van der Waals surface area contributed by atoms with Crippen LogP contribution in [0, 0.1) is 17.2 Å². The molecule has 3 rings (SSSR count). The molecular formula is C10H9N3O5. The van der Waals surface area contributed by atoms with Gasteiger partial charge in [0.1, 0.15) is 23.7 Å². The van der Waals surface area contributed by atoms with Gasteiger partial charge in [0.15, 0.2) is 6.23 Å². The zero-order chi connectivity index (χ0) is 13.1. The average Bonchev–Trinajstić information content (AvgIpc) is 2.69. The van der Waals surface area contributed by atoms with Crippen LogP contribution in [-0.2, 0) is 4.74 Å². The first-order valence-corrected chi connectivity index (χ1v) is 5.27. The topological polar surface area (TPSA) is 128 Å². The number of nitriles is 1. The van der Waals surface area contributed by atoms with Gasteiger partial charge in [-0.1, -0.05) is 0 Å². The number of aromatic amines is 1. The molecule has 1 aromatic heterocycles. The zero-order valence-electron chi connectivity index (χ0n) is 8.98. The summed E-state index contributed by atoms with van der Waals surface area (Å²) in [5.74, 6) is -1.07. The van der Waals surface area contributed by atoms with E-state index < -0.39 is 41.2 Å². The van der Waals surface area contributed by atoms with Crippen molar-refractivity contribution in [1.29, 1.82) is 5.26 Å². The van der Waals surface area contributed by atoms with Crippen LogP contribution >= 0.6 is 0 Å². The first kappa shape index (κ1) is 11.2. The monoisotopic (exact) mass is 251 g/mol. The predicted molar refractivity (Wildman–Crippen MR) is 55.3 cm³/mol. The fraction of sp³-hybridized carbons (Fsp3) is 0.500. The van der Waals surface area contributed by atoms with Gasteiger partial charge < -0.3 is 14.9 Å². The molecule has 94 valence electrons. The Bertz CT molecular complexity index is 658. The highest BCUT2D eigenvalue weighted by molar-refractivity contribution is 5.28. The third-order valence-electron chi connectivity index (χ3n) is 3.44. The predicted octanol–water partition coefficient (Wildman–Crippen LogP) is -2.32. The molecular weight excluding hydrogens is 242 g/mol. The summed E-state index contributed by atoms with van der Waals surface area (Å²) in [5, 5.41) is 28.4. The summed E-state index contributed by atoms with van der Waals surface area (Å²) in [6.45, 7) is 0. The van der Waals surface area contributed by atoms with Crippen LogP contribution in [0.4, 0.5) is 0 Å². The van der Waals surface area contributed by atoms with Crippen LogP contribution in [0.1, 0.15) is 6.23 Å². The van der Waals surface area contributed by atoms with Crippen LogP contribution in [0.15, 0.2) is 21.9 Å². The molecule has 8 nitrogen and oxygen atoms in total. The average molecular weight is 251 g/mol. The lowest BCUT2D eigenvalue weighted by Crippen LogP contribution is -2.38. The number of hydrogen-bond donors (Lipinski definition) is 3. The number of aromatic nitrogens is 2. The van der Waals surface area contributed by atoms with Crippen molar-refractivity contribution in [2.75, 3.05) is 0 Å². The van der Waals surface area contributed by atoms with E-state index in [2.05, 4.69) is 0 Å². The van der Waals surface area contributed by atoms with E-state index in [1.165, 1.54) is 6.20 Å². The van der Waals surface area contributed by atoms with E-state index >= 15 is 0 Å². The molecule has 0 aromatic carbocycles. The van der Waals surface area contributed by atoms with E-state index in [0.717, 1.165) is 10.6 Å². The van der Waals surface area contributed by atoms with Gasteiger partial charge in [0, 0.05) is 12.3 Å². The summed E-state index contributed by atoms with van der Waals surface area (Å²) in [6, 6.07) is 2.94. The van der Waals surface area contributed by atoms with E-state index in [0.29, 0.717) is 0 Å². The smallest absolute Gasteiger partial charge is 0.330 e. The van der Waals surface area contributed by atoms with E-state index in [9.17, 15) is 19.8 Å². The number of hydrogen-bond acceptors (Lipinski definition) is 6. The molecule has 1 saturated carbocycles. The third kappa shape index (κ3) is 1.18. The van der Waals surface area contributed by atoms with Gasteiger partial charge in [-0.25, -0.2) is 4.79 Å². The Morgan fingerprint density at radius 2 is 2.28 bits per heavy atom. The second-order valence-corrected chi connectivity index (χ2v) is 4.40. The molecule has 1 aliphatic carbocycles. The minimum atomic E-state index is -1.63. The molecule has 18 heavy (non-hydrogen) atoms. The Morgan fingerprint density at radius 3 is 2.89 bits per heavy atom. The number of H-pyrrole nitrogens is 1. The number of ether oxygens (including phenoxy) is 1. The molecule has 0 bridgehead atoms. The fourth-order valence-corrected chi connectivity index (χ4v) is 2.37. The van der Waals surface area contributed by atoms with Gasteiger partial charge in [0.25, 0.3) is 5.56 Å². The van der Waals surface area contributed by atoms with Crippen molar-refractivity contribution < 1.29 is 14.9 Å². The van der Waals surface area contributed by atoms with Gasteiger partial charge >= 0.3 is 5.69 Å². The number of nitrogens with zero attached hydrogens (tertiary/aromatic N) is 2. The standard InChI is InChI=1S/C10H9N3O5/c11-3-4-8(18-7-6(15)10(4,7)17)13-2-1-5(14)12-9(13)16/h1-2,4,6-8,15,17H,(H,12,14,16)/t4-,6?,7+,8+,10+/m0/s1. The number of aliphatic hydroxyl groups excluding tert-OH is 1. The fourth-order valence-electron chi connectivity index (χ4n) is 2.37. The van der Waals surface area contributed by atoms with E-state index in [1.54, 1.807) is 0 Å². The van der Waals surface area contributed by atoms with E-state index in [-0.39, 0.29) is 0 Å². The molecule has 0 radical (unpaired) electrons. The van der Waals surface area contributed by atoms with Crippen molar-refractivity contribution in [3.63, 3.8) is 0 Å². The van der Waals surface area contributed by atoms with Crippen molar-refractivity contribution in [3.05, 3.63) is 33.1 Å². The second-order valence-electron chi connectivity index (χ2n) is 4.40. The van der Waals surface area contributed by atoms with Gasteiger partial charge in [0.2, 0.25) is 0 Å². The maximum absolute atomic E-state index is 11.6. The summed E-state index contributed by atoms with van der Waals surface area (Å²) in [4.78, 5) is 24.5. The largest absolute Gasteiger partial charge is 0.387 e. The molecule has 0 amide bonds. The third-order valence-corrected chi connectivity index (χ3v) is 3.44. The highest BCUT2D eigenvalue weighted by atomic mass is 16.6. The van der Waals surface area contributed by atoms with Crippen LogP contribution < -0.4 is 11.2 Å². The molecule has 3 N–H and O–H groups in total. The Balaban J connectivity index is 2.03. The summed E-state index contributed by atoms with van der Waals surface area (Å²) < 4.78 is 6.30. The Hall–Kier alpha value is -1.95. The van der Waals surface area contributed by atoms with Crippen LogP contribution in [-0.4, -0.2) is 37.6 Å². The summed E-state index contributed by atoms with van der Waals surface area (Å²) in [7, 11) is 0. The lowest BCUT2D eigenvalue weighted by molar-refractivity contribution is -0.0371. The molecule has 1 aliphatic heterocycles. The molecule has 8 heteroatoms. The van der Waals surface area contributed by atoms with E-state index in [1.807, 2.05) is 11.1 Å². The molecule has 0 spiro atoms. The van der Waals surface area contributed by atoms with Crippen molar-refractivity contribution >= 4 is 0 Å².